The van der Waals surface area contributed by atoms with E-state index >= 15 is 0 Å². The number of rotatable bonds is 5. The first-order chi connectivity index (χ1) is 9.39. The molecule has 0 atom stereocenters. The van der Waals surface area contributed by atoms with Crippen molar-refractivity contribution in [1.82, 2.24) is 9.97 Å². The van der Waals surface area contributed by atoms with Crippen LogP contribution in [-0.2, 0) is 14.6 Å². The van der Waals surface area contributed by atoms with Gasteiger partial charge in [0.2, 0.25) is 0 Å². The minimum Gasteiger partial charge on any atom is -0.381 e. The predicted octanol–water partition coefficient (Wildman–Crippen LogP) is 1.04. The normalized spacial score (nSPS) is 18.7. The summed E-state index contributed by atoms with van der Waals surface area (Å²) in [5, 5.41) is 3.25. The number of aryl methyl sites for hydroxylation is 1. The third-order valence-electron chi connectivity index (χ3n) is 3.57. The Kier molecular flexibility index (Phi) is 4.59. The van der Waals surface area contributed by atoms with Crippen molar-refractivity contribution >= 4 is 15.7 Å². The van der Waals surface area contributed by atoms with Gasteiger partial charge in [-0.2, -0.15) is 0 Å². The summed E-state index contributed by atoms with van der Waals surface area (Å²) in [6.45, 7) is 3.70. The first-order valence-corrected chi connectivity index (χ1v) is 8.73. The molecule has 6 nitrogen and oxygen atoms in total. The Morgan fingerprint density at radius 3 is 2.65 bits per heavy atom. The fourth-order valence-electron chi connectivity index (χ4n) is 2.56. The molecule has 1 aliphatic heterocycles. The first-order valence-electron chi connectivity index (χ1n) is 6.67. The third-order valence-corrected chi connectivity index (χ3v) is 4.71. The molecule has 112 valence electrons. The lowest BCUT2D eigenvalue weighted by Gasteiger charge is -2.36. The van der Waals surface area contributed by atoms with Gasteiger partial charge in [-0.05, 0) is 19.8 Å². The van der Waals surface area contributed by atoms with Crippen LogP contribution in [0.3, 0.4) is 0 Å². The van der Waals surface area contributed by atoms with Gasteiger partial charge in [0.1, 0.15) is 22.0 Å². The molecular formula is C13H21N3O3S. The number of hydrogen-bond acceptors (Lipinski definition) is 6. The maximum Gasteiger partial charge on any atom is 0.148 e. The van der Waals surface area contributed by atoms with E-state index < -0.39 is 9.84 Å². The van der Waals surface area contributed by atoms with Crippen molar-refractivity contribution in [3.63, 3.8) is 0 Å². The summed E-state index contributed by atoms with van der Waals surface area (Å²) in [6.07, 6.45) is 4.29. The molecule has 1 saturated heterocycles. The van der Waals surface area contributed by atoms with Crippen LogP contribution in [0.4, 0.5) is 5.82 Å². The molecule has 7 heteroatoms. The molecule has 0 bridgehead atoms. The minimum atomic E-state index is -3.02. The Bertz CT molecular complexity index is 554. The number of nitrogens with one attached hydrogen (secondary N) is 1. The van der Waals surface area contributed by atoms with Gasteiger partial charge in [0, 0.05) is 43.2 Å². The average Bonchev–Trinajstić information content (AvgIpc) is 2.36. The smallest absolute Gasteiger partial charge is 0.148 e. The van der Waals surface area contributed by atoms with E-state index in [4.69, 9.17) is 4.74 Å². The molecule has 1 aliphatic rings. The Morgan fingerprint density at radius 2 is 2.05 bits per heavy atom. The second-order valence-corrected chi connectivity index (χ2v) is 7.72. The van der Waals surface area contributed by atoms with Crippen molar-refractivity contribution in [3.05, 3.63) is 18.1 Å². The SMILES string of the molecule is Cc1cc(NCC2(CS(C)(=O)=O)CCOCC2)ncn1. The van der Waals surface area contributed by atoms with Crippen LogP contribution in [0.2, 0.25) is 0 Å². The topological polar surface area (TPSA) is 81.2 Å². The number of aromatic nitrogens is 2. The molecule has 1 aromatic heterocycles. The van der Waals surface area contributed by atoms with E-state index in [-0.39, 0.29) is 11.2 Å². The maximum atomic E-state index is 11.7. The summed E-state index contributed by atoms with van der Waals surface area (Å²) < 4.78 is 28.7. The average molecular weight is 299 g/mol. The highest BCUT2D eigenvalue weighted by Crippen LogP contribution is 2.32. The molecule has 0 saturated carbocycles. The lowest BCUT2D eigenvalue weighted by molar-refractivity contribution is 0.0315. The molecular weight excluding hydrogens is 278 g/mol. The van der Waals surface area contributed by atoms with Crippen LogP contribution in [0.5, 0.6) is 0 Å². The van der Waals surface area contributed by atoms with Gasteiger partial charge in [0.15, 0.2) is 0 Å². The fourth-order valence-corrected chi connectivity index (χ4v) is 4.07. The van der Waals surface area contributed by atoms with E-state index in [1.807, 2.05) is 13.0 Å². The number of ether oxygens (including phenoxy) is 1. The van der Waals surface area contributed by atoms with Crippen LogP contribution in [0.25, 0.3) is 0 Å². The van der Waals surface area contributed by atoms with Gasteiger partial charge in [-0.1, -0.05) is 0 Å². The van der Waals surface area contributed by atoms with Gasteiger partial charge >= 0.3 is 0 Å². The standard InChI is InChI=1S/C13H21N3O3S/c1-11-7-12(16-10-15-11)14-8-13(9-20(2,17)18)3-5-19-6-4-13/h7,10H,3-6,8-9H2,1-2H3,(H,14,15,16). The van der Waals surface area contributed by atoms with E-state index in [0.29, 0.717) is 19.8 Å². The van der Waals surface area contributed by atoms with Gasteiger partial charge < -0.3 is 10.1 Å². The highest BCUT2D eigenvalue weighted by molar-refractivity contribution is 7.90. The second-order valence-electron chi connectivity index (χ2n) is 5.58. The fraction of sp³-hybridized carbons (Fsp3) is 0.692. The van der Waals surface area contributed by atoms with Crippen molar-refractivity contribution in [1.29, 1.82) is 0 Å². The van der Waals surface area contributed by atoms with Crippen molar-refractivity contribution in [2.75, 3.05) is 37.1 Å². The number of nitrogens with zero attached hydrogens (tertiary/aromatic N) is 2. The molecule has 1 aromatic rings. The minimum absolute atomic E-state index is 0.181. The van der Waals surface area contributed by atoms with Gasteiger partial charge in [-0.15, -0.1) is 0 Å². The quantitative estimate of drug-likeness (QED) is 0.875. The molecule has 2 heterocycles. The summed E-state index contributed by atoms with van der Waals surface area (Å²) in [5.74, 6) is 0.914. The monoisotopic (exact) mass is 299 g/mol. The third kappa shape index (κ3) is 4.42. The van der Waals surface area contributed by atoms with Crippen LogP contribution in [-0.4, -0.2) is 50.2 Å². The summed E-state index contributed by atoms with van der Waals surface area (Å²) in [6, 6.07) is 1.85. The van der Waals surface area contributed by atoms with Crippen molar-refractivity contribution in [3.8, 4) is 0 Å². The molecule has 0 radical (unpaired) electrons. The molecule has 0 amide bonds. The van der Waals surface area contributed by atoms with Gasteiger partial charge in [0.25, 0.3) is 0 Å². The van der Waals surface area contributed by atoms with Crippen molar-refractivity contribution in [2.45, 2.75) is 19.8 Å². The zero-order valence-corrected chi connectivity index (χ0v) is 12.7. The van der Waals surface area contributed by atoms with Gasteiger partial charge in [-0.25, -0.2) is 18.4 Å². The molecule has 2 rings (SSSR count). The van der Waals surface area contributed by atoms with Crippen LogP contribution in [0.15, 0.2) is 12.4 Å². The second kappa shape index (κ2) is 6.05. The van der Waals surface area contributed by atoms with Crippen LogP contribution >= 0.6 is 0 Å². The zero-order valence-electron chi connectivity index (χ0n) is 11.9. The highest BCUT2D eigenvalue weighted by atomic mass is 32.2. The lowest BCUT2D eigenvalue weighted by Crippen LogP contribution is -2.41. The van der Waals surface area contributed by atoms with E-state index in [1.54, 1.807) is 0 Å². The van der Waals surface area contributed by atoms with Gasteiger partial charge in [0.05, 0.1) is 5.75 Å². The van der Waals surface area contributed by atoms with Crippen LogP contribution < -0.4 is 5.32 Å². The van der Waals surface area contributed by atoms with Crippen molar-refractivity contribution in [2.24, 2.45) is 5.41 Å². The molecule has 0 unspecified atom stereocenters. The Morgan fingerprint density at radius 1 is 1.35 bits per heavy atom. The zero-order chi connectivity index (χ0) is 14.6. The molecule has 20 heavy (non-hydrogen) atoms. The molecule has 0 aromatic carbocycles. The Hall–Kier alpha value is -1.21. The summed E-state index contributed by atoms with van der Waals surface area (Å²) in [4.78, 5) is 8.19. The number of hydrogen-bond donors (Lipinski definition) is 1. The summed E-state index contributed by atoms with van der Waals surface area (Å²) in [7, 11) is -3.02. The molecule has 1 fully saturated rings. The van der Waals surface area contributed by atoms with Crippen molar-refractivity contribution < 1.29 is 13.2 Å². The van der Waals surface area contributed by atoms with E-state index in [2.05, 4.69) is 15.3 Å². The van der Waals surface area contributed by atoms with Gasteiger partial charge in [-0.3, -0.25) is 0 Å². The first kappa shape index (κ1) is 15.2. The van der Waals surface area contributed by atoms with Crippen LogP contribution in [0, 0.1) is 12.3 Å². The Labute approximate surface area is 119 Å². The number of anilines is 1. The van der Waals surface area contributed by atoms with E-state index in [0.717, 1.165) is 24.4 Å². The Balaban J connectivity index is 2.08. The predicted molar refractivity (Wildman–Crippen MR) is 77.5 cm³/mol. The molecule has 0 spiro atoms. The maximum absolute atomic E-state index is 11.7. The van der Waals surface area contributed by atoms with E-state index in [9.17, 15) is 8.42 Å². The highest BCUT2D eigenvalue weighted by Gasteiger charge is 2.35. The number of sulfone groups is 1. The molecule has 1 N–H and O–H groups in total. The van der Waals surface area contributed by atoms with Crippen LogP contribution in [0.1, 0.15) is 18.5 Å². The molecule has 0 aliphatic carbocycles. The lowest BCUT2D eigenvalue weighted by atomic mass is 9.82. The summed E-state index contributed by atoms with van der Waals surface area (Å²) in [5.41, 5.74) is 0.608. The van der Waals surface area contributed by atoms with E-state index in [1.165, 1.54) is 12.6 Å². The summed E-state index contributed by atoms with van der Waals surface area (Å²) >= 11 is 0. The largest absolute Gasteiger partial charge is 0.381 e.